The summed E-state index contributed by atoms with van der Waals surface area (Å²) in [7, 11) is 0. The molecule has 1 saturated carbocycles. The molecular weight excluding hydrogens is 296 g/mol. The third-order valence-corrected chi connectivity index (χ3v) is 4.53. The van der Waals surface area contributed by atoms with Gasteiger partial charge in [-0.05, 0) is 24.5 Å². The van der Waals surface area contributed by atoms with Crippen molar-refractivity contribution in [2.24, 2.45) is 5.92 Å². The van der Waals surface area contributed by atoms with Crippen LogP contribution >= 0.6 is 0 Å². The average molecular weight is 316 g/mol. The summed E-state index contributed by atoms with van der Waals surface area (Å²) < 4.78 is 52.4. The molecule has 0 radical (unpaired) electrons. The van der Waals surface area contributed by atoms with E-state index >= 15 is 0 Å². The standard InChI is InChI=1S/C16H20F4N2/c17-14-10-12(16(18,19)20)3-4-13(14)15(9-11-1-2-11)22-7-5-21-6-8-22/h3-4,10-11,15,21H,1-2,5-9H2/t15-/m1/s1. The average Bonchev–Trinajstić information content (AvgIpc) is 3.29. The van der Waals surface area contributed by atoms with Crippen LogP contribution in [0.25, 0.3) is 0 Å². The first-order valence-electron chi connectivity index (χ1n) is 7.76. The van der Waals surface area contributed by atoms with E-state index in [2.05, 4.69) is 10.2 Å². The van der Waals surface area contributed by atoms with Gasteiger partial charge in [0.05, 0.1) is 5.56 Å². The first kappa shape index (κ1) is 15.7. The van der Waals surface area contributed by atoms with Crippen molar-refractivity contribution in [3.05, 3.63) is 35.1 Å². The minimum atomic E-state index is -4.50. The van der Waals surface area contributed by atoms with Crippen LogP contribution in [0.3, 0.4) is 0 Å². The van der Waals surface area contributed by atoms with Crippen molar-refractivity contribution in [1.82, 2.24) is 10.2 Å². The van der Waals surface area contributed by atoms with Crippen LogP contribution < -0.4 is 5.32 Å². The van der Waals surface area contributed by atoms with Gasteiger partial charge in [0.1, 0.15) is 5.82 Å². The maximum atomic E-state index is 14.3. The van der Waals surface area contributed by atoms with E-state index in [0.717, 1.165) is 51.5 Å². The summed E-state index contributed by atoms with van der Waals surface area (Å²) in [4.78, 5) is 2.19. The predicted molar refractivity (Wildman–Crippen MR) is 75.9 cm³/mol. The van der Waals surface area contributed by atoms with Crippen molar-refractivity contribution >= 4 is 0 Å². The summed E-state index contributed by atoms with van der Waals surface area (Å²) in [5.41, 5.74) is -0.513. The molecule has 1 atom stereocenters. The lowest BCUT2D eigenvalue weighted by molar-refractivity contribution is -0.137. The zero-order valence-corrected chi connectivity index (χ0v) is 12.3. The Hall–Kier alpha value is -1.14. The molecule has 0 bridgehead atoms. The maximum Gasteiger partial charge on any atom is 0.416 e. The van der Waals surface area contributed by atoms with E-state index in [-0.39, 0.29) is 6.04 Å². The van der Waals surface area contributed by atoms with Crippen molar-refractivity contribution < 1.29 is 17.6 Å². The second kappa shape index (κ2) is 6.16. The molecule has 0 unspecified atom stereocenters. The zero-order valence-electron chi connectivity index (χ0n) is 12.3. The molecule has 3 rings (SSSR count). The molecule has 2 aliphatic rings. The van der Waals surface area contributed by atoms with Crippen LogP contribution in [0.5, 0.6) is 0 Å². The minimum Gasteiger partial charge on any atom is -0.314 e. The molecule has 1 heterocycles. The van der Waals surface area contributed by atoms with Gasteiger partial charge in [0.15, 0.2) is 0 Å². The van der Waals surface area contributed by atoms with E-state index in [1.165, 1.54) is 6.07 Å². The number of halogens is 4. The molecule has 1 aliphatic carbocycles. The summed E-state index contributed by atoms with van der Waals surface area (Å²) in [6.07, 6.45) is -1.38. The summed E-state index contributed by atoms with van der Waals surface area (Å²) in [5.74, 6) is -0.152. The van der Waals surface area contributed by atoms with Gasteiger partial charge in [0.25, 0.3) is 0 Å². The molecule has 2 fully saturated rings. The number of benzene rings is 1. The van der Waals surface area contributed by atoms with Gasteiger partial charge < -0.3 is 5.32 Å². The van der Waals surface area contributed by atoms with Crippen LogP contribution in [0.4, 0.5) is 17.6 Å². The highest BCUT2D eigenvalue weighted by Crippen LogP contribution is 2.41. The van der Waals surface area contributed by atoms with Crippen molar-refractivity contribution in [1.29, 1.82) is 0 Å². The Labute approximate surface area is 127 Å². The van der Waals surface area contributed by atoms with Crippen LogP contribution in [0.2, 0.25) is 0 Å². The van der Waals surface area contributed by atoms with Crippen LogP contribution in [-0.4, -0.2) is 31.1 Å². The molecule has 1 aromatic rings. The van der Waals surface area contributed by atoms with E-state index in [4.69, 9.17) is 0 Å². The van der Waals surface area contributed by atoms with Crippen molar-refractivity contribution in [2.45, 2.75) is 31.5 Å². The van der Waals surface area contributed by atoms with Gasteiger partial charge in [-0.15, -0.1) is 0 Å². The summed E-state index contributed by atoms with van der Waals surface area (Å²) in [6, 6.07) is 2.85. The maximum absolute atomic E-state index is 14.3. The van der Waals surface area contributed by atoms with Gasteiger partial charge in [-0.3, -0.25) is 4.90 Å². The number of rotatable bonds is 4. The molecule has 0 spiro atoms. The van der Waals surface area contributed by atoms with E-state index in [9.17, 15) is 17.6 Å². The van der Waals surface area contributed by atoms with Gasteiger partial charge in [-0.25, -0.2) is 4.39 Å². The smallest absolute Gasteiger partial charge is 0.314 e. The predicted octanol–water partition coefficient (Wildman–Crippen LogP) is 3.59. The fourth-order valence-corrected chi connectivity index (χ4v) is 3.11. The van der Waals surface area contributed by atoms with Crippen LogP contribution in [0, 0.1) is 11.7 Å². The first-order chi connectivity index (χ1) is 10.4. The lowest BCUT2D eigenvalue weighted by Crippen LogP contribution is -2.45. The quantitative estimate of drug-likeness (QED) is 0.854. The van der Waals surface area contributed by atoms with Crippen LogP contribution in [-0.2, 0) is 6.18 Å². The first-order valence-corrected chi connectivity index (χ1v) is 7.76. The fraction of sp³-hybridized carbons (Fsp3) is 0.625. The van der Waals surface area contributed by atoms with Crippen LogP contribution in [0.1, 0.15) is 36.4 Å². The molecule has 1 aliphatic heterocycles. The zero-order chi connectivity index (χ0) is 15.7. The number of nitrogens with one attached hydrogen (secondary N) is 1. The third kappa shape index (κ3) is 3.60. The second-order valence-corrected chi connectivity index (χ2v) is 6.21. The van der Waals surface area contributed by atoms with Gasteiger partial charge in [-0.1, -0.05) is 18.9 Å². The Morgan fingerprint density at radius 1 is 1.18 bits per heavy atom. The molecule has 122 valence electrons. The van der Waals surface area contributed by atoms with Crippen LogP contribution in [0.15, 0.2) is 18.2 Å². The van der Waals surface area contributed by atoms with Gasteiger partial charge >= 0.3 is 6.18 Å². The molecule has 0 aromatic heterocycles. The topological polar surface area (TPSA) is 15.3 Å². The van der Waals surface area contributed by atoms with Crippen molar-refractivity contribution in [2.75, 3.05) is 26.2 Å². The summed E-state index contributed by atoms with van der Waals surface area (Å²) >= 11 is 0. The Bertz CT molecular complexity index is 519. The molecule has 1 aromatic carbocycles. The monoisotopic (exact) mass is 316 g/mol. The summed E-state index contributed by atoms with van der Waals surface area (Å²) in [6.45, 7) is 3.28. The molecule has 1 N–H and O–H groups in total. The largest absolute Gasteiger partial charge is 0.416 e. The van der Waals surface area contributed by atoms with Gasteiger partial charge in [0.2, 0.25) is 0 Å². The Morgan fingerprint density at radius 3 is 2.41 bits per heavy atom. The Balaban J connectivity index is 1.86. The molecular formula is C16H20F4N2. The summed E-state index contributed by atoms with van der Waals surface area (Å²) in [5, 5.41) is 3.25. The van der Waals surface area contributed by atoms with E-state index in [1.54, 1.807) is 0 Å². The molecule has 6 heteroatoms. The SMILES string of the molecule is Fc1cc(C(F)(F)F)ccc1[C@@H](CC1CC1)N1CCNCC1. The number of piperazine rings is 1. The highest BCUT2D eigenvalue weighted by molar-refractivity contribution is 5.29. The van der Waals surface area contributed by atoms with E-state index in [0.29, 0.717) is 17.5 Å². The number of hydrogen-bond donors (Lipinski definition) is 1. The highest BCUT2D eigenvalue weighted by atomic mass is 19.4. The van der Waals surface area contributed by atoms with E-state index in [1.807, 2.05) is 0 Å². The Morgan fingerprint density at radius 2 is 1.86 bits per heavy atom. The van der Waals surface area contributed by atoms with Gasteiger partial charge in [0, 0.05) is 37.8 Å². The minimum absolute atomic E-state index is 0.114. The third-order valence-electron chi connectivity index (χ3n) is 4.53. The number of hydrogen-bond acceptors (Lipinski definition) is 2. The van der Waals surface area contributed by atoms with Crippen molar-refractivity contribution in [3.63, 3.8) is 0 Å². The normalized spacial score (nSPS) is 21.8. The Kier molecular flexibility index (Phi) is 4.41. The molecule has 2 nitrogen and oxygen atoms in total. The lowest BCUT2D eigenvalue weighted by atomic mass is 9.97. The van der Waals surface area contributed by atoms with Gasteiger partial charge in [-0.2, -0.15) is 13.2 Å². The highest BCUT2D eigenvalue weighted by Gasteiger charge is 2.34. The van der Waals surface area contributed by atoms with E-state index < -0.39 is 17.6 Å². The number of alkyl halides is 3. The lowest BCUT2D eigenvalue weighted by Gasteiger charge is -2.35. The second-order valence-electron chi connectivity index (χ2n) is 6.21. The fourth-order valence-electron chi connectivity index (χ4n) is 3.11. The molecule has 0 amide bonds. The number of nitrogens with zero attached hydrogens (tertiary/aromatic N) is 1. The molecule has 1 saturated heterocycles. The molecule has 22 heavy (non-hydrogen) atoms. The van der Waals surface area contributed by atoms with Crippen molar-refractivity contribution in [3.8, 4) is 0 Å².